The molecule has 1 heterocycles. The second-order valence-corrected chi connectivity index (χ2v) is 7.71. The average Bonchev–Trinajstić information content (AvgIpc) is 2.53. The molecular weight excluding hydrogens is 270 g/mol. The standard InChI is InChI=1S/C16H27NO2S/c18-16(12-20-13-6-2-1-3-7-13)17-10-11-19-15-9-5-4-8-14(15)17/h13-15H,1-12H2/t14-,15-/m0/s1. The summed E-state index contributed by atoms with van der Waals surface area (Å²) in [7, 11) is 0. The van der Waals surface area contributed by atoms with E-state index in [-0.39, 0.29) is 0 Å². The van der Waals surface area contributed by atoms with Gasteiger partial charge >= 0.3 is 0 Å². The van der Waals surface area contributed by atoms with E-state index in [9.17, 15) is 4.79 Å². The van der Waals surface area contributed by atoms with E-state index in [1.165, 1.54) is 44.9 Å². The fraction of sp³-hybridized carbons (Fsp3) is 0.938. The van der Waals surface area contributed by atoms with Gasteiger partial charge in [0.05, 0.1) is 24.5 Å². The number of rotatable bonds is 3. The van der Waals surface area contributed by atoms with Crippen LogP contribution in [-0.2, 0) is 9.53 Å². The Kier molecular flexibility index (Phi) is 5.27. The van der Waals surface area contributed by atoms with Crippen molar-refractivity contribution in [2.45, 2.75) is 75.2 Å². The average molecular weight is 297 g/mol. The van der Waals surface area contributed by atoms with Gasteiger partial charge in [0.25, 0.3) is 0 Å². The van der Waals surface area contributed by atoms with Crippen molar-refractivity contribution >= 4 is 17.7 Å². The Labute approximate surface area is 126 Å². The highest BCUT2D eigenvalue weighted by atomic mass is 32.2. The maximum atomic E-state index is 12.5. The number of fused-ring (bicyclic) bond motifs is 1. The van der Waals surface area contributed by atoms with Gasteiger partial charge in [-0.2, -0.15) is 0 Å². The van der Waals surface area contributed by atoms with Crippen LogP contribution < -0.4 is 0 Å². The molecule has 3 fully saturated rings. The molecule has 3 rings (SSSR count). The minimum atomic E-state index is 0.320. The summed E-state index contributed by atoms with van der Waals surface area (Å²) in [6.07, 6.45) is 11.8. The highest BCUT2D eigenvalue weighted by Crippen LogP contribution is 2.31. The number of carbonyl (C=O) groups excluding carboxylic acids is 1. The largest absolute Gasteiger partial charge is 0.374 e. The van der Waals surface area contributed by atoms with E-state index < -0.39 is 0 Å². The summed E-state index contributed by atoms with van der Waals surface area (Å²) in [5.74, 6) is 1.05. The van der Waals surface area contributed by atoms with E-state index >= 15 is 0 Å². The number of ether oxygens (including phenoxy) is 1. The molecule has 1 saturated heterocycles. The Morgan fingerprint density at radius 2 is 1.80 bits per heavy atom. The maximum absolute atomic E-state index is 12.5. The molecule has 0 aromatic carbocycles. The zero-order chi connectivity index (χ0) is 13.8. The molecule has 0 aromatic rings. The number of amides is 1. The van der Waals surface area contributed by atoms with Gasteiger partial charge in [-0.15, -0.1) is 11.8 Å². The third-order valence-electron chi connectivity index (χ3n) is 5.05. The molecule has 2 aliphatic carbocycles. The number of thioether (sulfide) groups is 1. The van der Waals surface area contributed by atoms with Crippen molar-refractivity contribution in [3.8, 4) is 0 Å². The Balaban J connectivity index is 1.50. The lowest BCUT2D eigenvalue weighted by Crippen LogP contribution is -2.55. The van der Waals surface area contributed by atoms with Crippen LogP contribution in [0, 0.1) is 0 Å². The van der Waals surface area contributed by atoms with E-state index in [0.29, 0.717) is 23.8 Å². The Hall–Kier alpha value is -0.220. The van der Waals surface area contributed by atoms with Crippen LogP contribution in [0.3, 0.4) is 0 Å². The van der Waals surface area contributed by atoms with Gasteiger partial charge < -0.3 is 9.64 Å². The predicted molar refractivity (Wildman–Crippen MR) is 83.0 cm³/mol. The number of nitrogens with zero attached hydrogens (tertiary/aromatic N) is 1. The molecule has 0 aromatic heterocycles. The van der Waals surface area contributed by atoms with Gasteiger partial charge in [0.15, 0.2) is 0 Å². The van der Waals surface area contributed by atoms with Crippen LogP contribution in [0.4, 0.5) is 0 Å². The molecular formula is C16H27NO2S. The van der Waals surface area contributed by atoms with Crippen molar-refractivity contribution in [3.05, 3.63) is 0 Å². The Morgan fingerprint density at radius 3 is 2.65 bits per heavy atom. The van der Waals surface area contributed by atoms with Crippen molar-refractivity contribution in [1.29, 1.82) is 0 Å². The minimum Gasteiger partial charge on any atom is -0.374 e. The first-order chi connectivity index (χ1) is 9.84. The molecule has 0 spiro atoms. The number of morpholine rings is 1. The van der Waals surface area contributed by atoms with Crippen molar-refractivity contribution < 1.29 is 9.53 Å². The van der Waals surface area contributed by atoms with E-state index in [0.717, 1.165) is 31.2 Å². The smallest absolute Gasteiger partial charge is 0.232 e. The summed E-state index contributed by atoms with van der Waals surface area (Å²) in [6.45, 7) is 1.55. The Morgan fingerprint density at radius 1 is 1.05 bits per heavy atom. The molecule has 0 radical (unpaired) electrons. The van der Waals surface area contributed by atoms with Gasteiger partial charge in [-0.1, -0.05) is 32.1 Å². The van der Waals surface area contributed by atoms with Crippen molar-refractivity contribution in [3.63, 3.8) is 0 Å². The zero-order valence-corrected chi connectivity index (χ0v) is 13.2. The van der Waals surface area contributed by atoms with E-state index in [4.69, 9.17) is 4.74 Å². The second-order valence-electron chi connectivity index (χ2n) is 6.42. The topological polar surface area (TPSA) is 29.5 Å². The molecule has 4 heteroatoms. The summed E-state index contributed by atoms with van der Waals surface area (Å²) in [5.41, 5.74) is 0. The Bertz CT molecular complexity index is 328. The summed E-state index contributed by atoms with van der Waals surface area (Å²) < 4.78 is 5.86. The first-order valence-electron chi connectivity index (χ1n) is 8.37. The zero-order valence-electron chi connectivity index (χ0n) is 12.4. The van der Waals surface area contributed by atoms with Crippen molar-refractivity contribution in [2.24, 2.45) is 0 Å². The predicted octanol–water partition coefficient (Wildman–Crippen LogP) is 3.22. The quantitative estimate of drug-likeness (QED) is 0.801. The molecule has 3 aliphatic rings. The number of hydrogen-bond acceptors (Lipinski definition) is 3. The fourth-order valence-corrected chi connectivity index (χ4v) is 5.12. The van der Waals surface area contributed by atoms with Gasteiger partial charge in [-0.05, 0) is 25.7 Å². The molecule has 0 bridgehead atoms. The van der Waals surface area contributed by atoms with Crippen LogP contribution in [-0.4, -0.2) is 47.1 Å². The van der Waals surface area contributed by atoms with Gasteiger partial charge in [-0.3, -0.25) is 4.79 Å². The van der Waals surface area contributed by atoms with Crippen LogP contribution in [0.2, 0.25) is 0 Å². The van der Waals surface area contributed by atoms with Crippen LogP contribution in [0.25, 0.3) is 0 Å². The molecule has 1 aliphatic heterocycles. The molecule has 0 unspecified atom stereocenters. The highest BCUT2D eigenvalue weighted by Gasteiger charge is 2.36. The third kappa shape index (κ3) is 3.51. The first kappa shape index (κ1) is 14.7. The lowest BCUT2D eigenvalue weighted by molar-refractivity contribution is -0.146. The monoisotopic (exact) mass is 297 g/mol. The fourth-order valence-electron chi connectivity index (χ4n) is 3.91. The van der Waals surface area contributed by atoms with E-state index in [1.54, 1.807) is 0 Å². The van der Waals surface area contributed by atoms with Crippen LogP contribution in [0.1, 0.15) is 57.8 Å². The van der Waals surface area contributed by atoms with Gasteiger partial charge in [0.2, 0.25) is 5.91 Å². The molecule has 114 valence electrons. The number of carbonyl (C=O) groups is 1. The lowest BCUT2D eigenvalue weighted by Gasteiger charge is -2.44. The molecule has 0 N–H and O–H groups in total. The third-order valence-corrected chi connectivity index (χ3v) is 6.40. The summed E-state index contributed by atoms with van der Waals surface area (Å²) >= 11 is 1.91. The number of hydrogen-bond donors (Lipinski definition) is 0. The van der Waals surface area contributed by atoms with E-state index in [2.05, 4.69) is 4.90 Å². The summed E-state index contributed by atoms with van der Waals surface area (Å²) in [5, 5.41) is 0.732. The second kappa shape index (κ2) is 7.17. The normalized spacial score (nSPS) is 31.9. The molecule has 3 nitrogen and oxygen atoms in total. The molecule has 2 saturated carbocycles. The molecule has 1 amide bonds. The summed E-state index contributed by atoms with van der Waals surface area (Å²) in [4.78, 5) is 14.7. The van der Waals surface area contributed by atoms with Crippen LogP contribution in [0.15, 0.2) is 0 Å². The van der Waals surface area contributed by atoms with Crippen LogP contribution >= 0.6 is 11.8 Å². The highest BCUT2D eigenvalue weighted by molar-refractivity contribution is 8.00. The molecule has 2 atom stereocenters. The van der Waals surface area contributed by atoms with Crippen molar-refractivity contribution in [2.75, 3.05) is 18.9 Å². The minimum absolute atomic E-state index is 0.320. The lowest BCUT2D eigenvalue weighted by atomic mass is 9.90. The summed E-state index contributed by atoms with van der Waals surface area (Å²) in [6, 6.07) is 0.372. The SMILES string of the molecule is O=C(CSC1CCCCC1)N1CCO[C@H]2CCCC[C@@H]21. The van der Waals surface area contributed by atoms with Gasteiger partial charge in [-0.25, -0.2) is 0 Å². The molecule has 20 heavy (non-hydrogen) atoms. The maximum Gasteiger partial charge on any atom is 0.232 e. The van der Waals surface area contributed by atoms with Gasteiger partial charge in [0.1, 0.15) is 0 Å². The first-order valence-corrected chi connectivity index (χ1v) is 9.42. The van der Waals surface area contributed by atoms with Crippen LogP contribution in [0.5, 0.6) is 0 Å². The van der Waals surface area contributed by atoms with Crippen molar-refractivity contribution in [1.82, 2.24) is 4.90 Å². The van der Waals surface area contributed by atoms with Gasteiger partial charge in [0, 0.05) is 11.8 Å². The van der Waals surface area contributed by atoms with E-state index in [1.807, 2.05) is 11.8 Å².